The lowest BCUT2D eigenvalue weighted by Gasteiger charge is -2.11. The fraction of sp³-hybridized carbons (Fsp3) is 0.333. The Morgan fingerprint density at radius 2 is 1.89 bits per heavy atom. The number of imide groups is 1. The Hall–Kier alpha value is -1.14. The zero-order valence-electron chi connectivity index (χ0n) is 4.47. The summed E-state index contributed by atoms with van der Waals surface area (Å²) in [7, 11) is 0. The molecule has 0 spiro atoms. The van der Waals surface area contributed by atoms with Crippen LogP contribution in [0.4, 0.5) is 4.79 Å². The van der Waals surface area contributed by atoms with Crippen molar-refractivity contribution in [3.8, 4) is 0 Å². The van der Waals surface area contributed by atoms with Crippen molar-refractivity contribution < 1.29 is 9.59 Å². The molecule has 50 valence electrons. The van der Waals surface area contributed by atoms with Crippen LogP contribution in [0.2, 0.25) is 0 Å². The van der Waals surface area contributed by atoms with Crippen molar-refractivity contribution in [1.29, 1.82) is 0 Å². The van der Waals surface area contributed by atoms with E-state index in [2.05, 4.69) is 0 Å². The Labute approximate surface area is 50.6 Å². The summed E-state index contributed by atoms with van der Waals surface area (Å²) < 4.78 is 0. The van der Waals surface area contributed by atoms with Crippen LogP contribution in [0.5, 0.6) is 0 Å². The van der Waals surface area contributed by atoms with Crippen molar-refractivity contribution in [1.82, 2.24) is 10.6 Å². The van der Waals surface area contributed by atoms with Crippen LogP contribution in [0, 0.1) is 0 Å². The molecule has 6 N–H and O–H groups in total. The molecule has 1 fully saturated rings. The third-order valence-corrected chi connectivity index (χ3v) is 0.923. The SMILES string of the molecule is NC1(N)NC(=O)NC1=O. The predicted molar refractivity (Wildman–Crippen MR) is 27.8 cm³/mol. The molecule has 6 nitrogen and oxygen atoms in total. The molecule has 0 saturated carbocycles. The van der Waals surface area contributed by atoms with E-state index >= 15 is 0 Å². The Balaban J connectivity index is 2.81. The average Bonchev–Trinajstić information content (AvgIpc) is 1.79. The van der Waals surface area contributed by atoms with Crippen molar-refractivity contribution in [2.24, 2.45) is 11.5 Å². The molecule has 1 rings (SSSR count). The maximum absolute atomic E-state index is 10.5. The summed E-state index contributed by atoms with van der Waals surface area (Å²) in [6.45, 7) is 0. The smallest absolute Gasteiger partial charge is 0.299 e. The second-order valence-electron chi connectivity index (χ2n) is 1.78. The largest absolute Gasteiger partial charge is 0.324 e. The first kappa shape index (κ1) is 5.99. The van der Waals surface area contributed by atoms with Crippen LogP contribution in [-0.2, 0) is 4.79 Å². The van der Waals surface area contributed by atoms with Gasteiger partial charge in [-0.2, -0.15) is 0 Å². The van der Waals surface area contributed by atoms with E-state index in [1.54, 1.807) is 0 Å². The van der Waals surface area contributed by atoms with Gasteiger partial charge in [-0.25, -0.2) is 4.79 Å². The second kappa shape index (κ2) is 1.42. The minimum Gasteiger partial charge on any atom is -0.299 e. The van der Waals surface area contributed by atoms with Crippen LogP contribution in [-0.4, -0.2) is 17.7 Å². The van der Waals surface area contributed by atoms with E-state index in [-0.39, 0.29) is 0 Å². The summed E-state index contributed by atoms with van der Waals surface area (Å²) in [5, 5.41) is 3.87. The number of amides is 3. The van der Waals surface area contributed by atoms with E-state index in [9.17, 15) is 9.59 Å². The first-order valence-corrected chi connectivity index (χ1v) is 2.24. The van der Waals surface area contributed by atoms with Crippen molar-refractivity contribution in [3.63, 3.8) is 0 Å². The topological polar surface area (TPSA) is 110 Å². The number of rotatable bonds is 0. The molecule has 1 aliphatic rings. The highest BCUT2D eigenvalue weighted by Gasteiger charge is 2.38. The lowest BCUT2D eigenvalue weighted by molar-refractivity contribution is -0.123. The summed E-state index contributed by atoms with van der Waals surface area (Å²) in [5.74, 6) is -2.44. The minimum absolute atomic E-state index is 0.662. The van der Waals surface area contributed by atoms with Gasteiger partial charge in [-0.15, -0.1) is 0 Å². The fourth-order valence-corrected chi connectivity index (χ4v) is 0.482. The van der Waals surface area contributed by atoms with E-state index in [0.717, 1.165) is 0 Å². The van der Waals surface area contributed by atoms with Gasteiger partial charge in [0.25, 0.3) is 5.91 Å². The number of nitrogens with one attached hydrogen (secondary N) is 2. The molecule has 0 aromatic heterocycles. The normalized spacial score (nSPS) is 23.3. The first-order valence-electron chi connectivity index (χ1n) is 2.24. The van der Waals surface area contributed by atoms with Crippen molar-refractivity contribution in [2.45, 2.75) is 5.79 Å². The Kier molecular flexibility index (Phi) is 0.948. The lowest BCUT2D eigenvalue weighted by Crippen LogP contribution is -2.63. The van der Waals surface area contributed by atoms with Crippen molar-refractivity contribution >= 4 is 11.9 Å². The third-order valence-electron chi connectivity index (χ3n) is 0.923. The fourth-order valence-electron chi connectivity index (χ4n) is 0.482. The molecule has 0 radical (unpaired) electrons. The van der Waals surface area contributed by atoms with Gasteiger partial charge in [-0.05, 0) is 0 Å². The van der Waals surface area contributed by atoms with Crippen molar-refractivity contribution in [2.75, 3.05) is 0 Å². The van der Waals surface area contributed by atoms with Crippen LogP contribution < -0.4 is 22.1 Å². The van der Waals surface area contributed by atoms with E-state index in [0.29, 0.717) is 0 Å². The molecule has 1 saturated heterocycles. The molecule has 0 aromatic carbocycles. The number of urea groups is 1. The van der Waals surface area contributed by atoms with Crippen LogP contribution in [0.3, 0.4) is 0 Å². The van der Waals surface area contributed by atoms with Crippen LogP contribution >= 0.6 is 0 Å². The van der Waals surface area contributed by atoms with Gasteiger partial charge in [0.05, 0.1) is 0 Å². The Morgan fingerprint density at radius 3 is 2.00 bits per heavy atom. The van der Waals surface area contributed by atoms with Gasteiger partial charge >= 0.3 is 6.03 Å². The molecule has 0 aromatic rings. The monoisotopic (exact) mass is 130 g/mol. The molecular formula is C3H6N4O2. The molecule has 0 unspecified atom stereocenters. The molecular weight excluding hydrogens is 124 g/mol. The van der Waals surface area contributed by atoms with E-state index in [1.807, 2.05) is 10.6 Å². The molecule has 0 atom stereocenters. The van der Waals surface area contributed by atoms with Crippen LogP contribution in [0.25, 0.3) is 0 Å². The number of hydrogen-bond acceptors (Lipinski definition) is 4. The zero-order chi connectivity index (χ0) is 7.07. The van der Waals surface area contributed by atoms with E-state index in [1.165, 1.54) is 0 Å². The Bertz CT molecular complexity index is 175. The van der Waals surface area contributed by atoms with Gasteiger partial charge in [-0.3, -0.25) is 26.9 Å². The number of hydrogen-bond donors (Lipinski definition) is 4. The first-order chi connectivity index (χ1) is 4.02. The quantitative estimate of drug-likeness (QED) is 0.213. The van der Waals surface area contributed by atoms with Gasteiger partial charge in [0.1, 0.15) is 0 Å². The minimum atomic E-state index is -1.73. The highest BCUT2D eigenvalue weighted by atomic mass is 16.2. The number of carbonyl (C=O) groups excluding carboxylic acids is 2. The summed E-state index contributed by atoms with van der Waals surface area (Å²) in [6, 6.07) is -0.662. The second-order valence-corrected chi connectivity index (χ2v) is 1.78. The van der Waals surface area contributed by atoms with Gasteiger partial charge in [0.15, 0.2) is 0 Å². The van der Waals surface area contributed by atoms with Crippen molar-refractivity contribution in [3.05, 3.63) is 0 Å². The van der Waals surface area contributed by atoms with Crippen LogP contribution in [0.1, 0.15) is 0 Å². The summed E-state index contributed by atoms with van der Waals surface area (Å²) in [6.07, 6.45) is 0. The third kappa shape index (κ3) is 0.843. The summed E-state index contributed by atoms with van der Waals surface area (Å²) in [4.78, 5) is 20.7. The van der Waals surface area contributed by atoms with E-state index in [4.69, 9.17) is 11.5 Å². The molecule has 9 heavy (non-hydrogen) atoms. The highest BCUT2D eigenvalue weighted by Crippen LogP contribution is 1.91. The predicted octanol–water partition coefficient (Wildman–Crippen LogP) is -2.60. The molecule has 3 amide bonds. The number of carbonyl (C=O) groups is 2. The maximum atomic E-state index is 10.5. The van der Waals surface area contributed by atoms with Gasteiger partial charge in [0, 0.05) is 0 Å². The van der Waals surface area contributed by atoms with Gasteiger partial charge < -0.3 is 0 Å². The number of nitrogens with two attached hydrogens (primary N) is 2. The maximum Gasteiger partial charge on any atom is 0.324 e. The van der Waals surface area contributed by atoms with E-state index < -0.39 is 17.7 Å². The average molecular weight is 130 g/mol. The standard InChI is InChI=1S/C3H6N4O2/c4-3(5)1(8)6-2(9)7-3/h4-5H2,(H2,6,7,8,9). The van der Waals surface area contributed by atoms with Gasteiger partial charge in [0.2, 0.25) is 5.79 Å². The van der Waals surface area contributed by atoms with Crippen LogP contribution in [0.15, 0.2) is 0 Å². The summed E-state index contributed by atoms with van der Waals surface area (Å²) in [5.41, 5.74) is 10.1. The Morgan fingerprint density at radius 1 is 1.33 bits per heavy atom. The van der Waals surface area contributed by atoms with Gasteiger partial charge in [-0.1, -0.05) is 0 Å². The summed E-state index contributed by atoms with van der Waals surface area (Å²) >= 11 is 0. The molecule has 0 bridgehead atoms. The zero-order valence-corrected chi connectivity index (χ0v) is 4.47. The highest BCUT2D eigenvalue weighted by molar-refractivity contribution is 6.06. The lowest BCUT2D eigenvalue weighted by atomic mass is 10.4. The molecule has 0 aliphatic carbocycles. The molecule has 1 heterocycles. The molecule has 6 heteroatoms. The molecule has 1 aliphatic heterocycles.